The minimum absolute atomic E-state index is 0.717. The van der Waals surface area contributed by atoms with Crippen LogP contribution in [0.3, 0.4) is 0 Å². The molecule has 0 spiro atoms. The van der Waals surface area contributed by atoms with Crippen molar-refractivity contribution in [2.24, 2.45) is 17.8 Å². The number of hydrogen-bond donors (Lipinski definition) is 0. The second kappa shape index (κ2) is 4.43. The van der Waals surface area contributed by atoms with Gasteiger partial charge in [-0.3, -0.25) is 4.90 Å². The fourth-order valence-corrected chi connectivity index (χ4v) is 4.65. The van der Waals surface area contributed by atoms with E-state index in [-0.39, 0.29) is 0 Å². The minimum Gasteiger partial charge on any atom is -0.378 e. The molecule has 1 aromatic rings. The van der Waals surface area contributed by atoms with E-state index < -0.39 is 0 Å². The molecule has 2 aliphatic carbocycles. The van der Waals surface area contributed by atoms with Gasteiger partial charge in [-0.15, -0.1) is 0 Å². The lowest BCUT2D eigenvalue weighted by Gasteiger charge is -2.35. The molecule has 1 aromatic heterocycles. The first-order valence-corrected chi connectivity index (χ1v) is 8.92. The summed E-state index contributed by atoms with van der Waals surface area (Å²) in [6.07, 6.45) is 5.10. The first-order valence-electron chi connectivity index (χ1n) is 7.84. The molecule has 5 rings (SSSR count). The molecule has 0 amide bonds. The third-order valence-electron chi connectivity index (χ3n) is 5.59. The van der Waals surface area contributed by atoms with Gasteiger partial charge in [0.05, 0.1) is 19.3 Å². The Morgan fingerprint density at radius 3 is 2.60 bits per heavy atom. The van der Waals surface area contributed by atoms with Gasteiger partial charge in [0.15, 0.2) is 0 Å². The second-order valence-corrected chi connectivity index (χ2v) is 8.12. The number of likely N-dealkylation sites (tertiary alicyclic amines) is 1. The lowest BCUT2D eigenvalue weighted by molar-refractivity contribution is -0.0610. The molecule has 0 bridgehead atoms. The average Bonchev–Trinajstić information content (AvgIpc) is 3.20. The molecular weight excluding hydrogens is 365 g/mol. The van der Waals surface area contributed by atoms with E-state index in [1.165, 1.54) is 42.0 Å². The molecular formula is C15H20IN3O. The van der Waals surface area contributed by atoms with Gasteiger partial charge in [0.2, 0.25) is 0 Å². The Bertz CT molecular complexity index is 525. The fraction of sp³-hybridized carbons (Fsp3) is 0.800. The molecule has 2 aliphatic heterocycles. The molecule has 108 valence electrons. The standard InChI is InChI=1S/C15H20IN3O/c16-13-6-19(3-9-1-2-9)15(17-13)14-11-4-18(5-12(11)14)10-7-20-8-10/h6,9-12,14H,1-5,7-8H2/t11-,12+,14?. The van der Waals surface area contributed by atoms with Gasteiger partial charge in [-0.1, -0.05) is 0 Å². The van der Waals surface area contributed by atoms with Crippen LogP contribution in [0.25, 0.3) is 0 Å². The minimum atomic E-state index is 0.717. The second-order valence-electron chi connectivity index (χ2n) is 7.02. The van der Waals surface area contributed by atoms with E-state index in [2.05, 4.69) is 38.3 Å². The maximum Gasteiger partial charge on any atom is 0.119 e. The summed E-state index contributed by atoms with van der Waals surface area (Å²) in [6, 6.07) is 0.717. The van der Waals surface area contributed by atoms with Crippen molar-refractivity contribution in [1.29, 1.82) is 0 Å². The number of imidazole rings is 1. The van der Waals surface area contributed by atoms with Gasteiger partial charge in [0.1, 0.15) is 9.53 Å². The number of ether oxygens (including phenoxy) is 1. The highest BCUT2D eigenvalue weighted by atomic mass is 127. The number of rotatable bonds is 4. The first-order chi connectivity index (χ1) is 9.79. The van der Waals surface area contributed by atoms with Gasteiger partial charge in [0.25, 0.3) is 0 Å². The van der Waals surface area contributed by atoms with Crippen molar-refractivity contribution in [2.75, 3.05) is 26.3 Å². The first kappa shape index (κ1) is 12.4. The molecule has 4 fully saturated rings. The van der Waals surface area contributed by atoms with Crippen LogP contribution in [0.15, 0.2) is 6.20 Å². The number of halogens is 1. The summed E-state index contributed by atoms with van der Waals surface area (Å²) in [6.45, 7) is 5.67. The van der Waals surface area contributed by atoms with E-state index in [9.17, 15) is 0 Å². The van der Waals surface area contributed by atoms with Crippen molar-refractivity contribution < 1.29 is 4.74 Å². The van der Waals surface area contributed by atoms with Gasteiger partial charge in [-0.25, -0.2) is 4.98 Å². The smallest absolute Gasteiger partial charge is 0.119 e. The summed E-state index contributed by atoms with van der Waals surface area (Å²) in [5, 5.41) is 0. The van der Waals surface area contributed by atoms with Crippen LogP contribution in [-0.2, 0) is 11.3 Å². The molecule has 4 nitrogen and oxygen atoms in total. The molecule has 4 aliphatic rings. The number of piperidine rings is 1. The van der Waals surface area contributed by atoms with Crippen LogP contribution in [0.2, 0.25) is 0 Å². The van der Waals surface area contributed by atoms with E-state index in [4.69, 9.17) is 9.72 Å². The Balaban J connectivity index is 1.31. The Kier molecular flexibility index (Phi) is 2.75. The highest BCUT2D eigenvalue weighted by Crippen LogP contribution is 2.58. The topological polar surface area (TPSA) is 30.3 Å². The summed E-state index contributed by atoms with van der Waals surface area (Å²) >= 11 is 2.37. The van der Waals surface area contributed by atoms with Crippen LogP contribution in [0.1, 0.15) is 24.6 Å². The highest BCUT2D eigenvalue weighted by Gasteiger charge is 2.59. The lowest BCUT2D eigenvalue weighted by Crippen LogP contribution is -2.48. The molecule has 3 atom stereocenters. The monoisotopic (exact) mass is 385 g/mol. The average molecular weight is 385 g/mol. The highest BCUT2D eigenvalue weighted by molar-refractivity contribution is 14.1. The van der Waals surface area contributed by atoms with Crippen molar-refractivity contribution in [3.63, 3.8) is 0 Å². The Morgan fingerprint density at radius 1 is 1.25 bits per heavy atom. The molecule has 20 heavy (non-hydrogen) atoms. The van der Waals surface area contributed by atoms with Crippen LogP contribution < -0.4 is 0 Å². The maximum absolute atomic E-state index is 5.32. The van der Waals surface area contributed by atoms with Crippen LogP contribution >= 0.6 is 22.6 Å². The molecule has 0 N–H and O–H groups in total. The summed E-state index contributed by atoms with van der Waals surface area (Å²) in [5.74, 6) is 4.80. The summed E-state index contributed by atoms with van der Waals surface area (Å²) in [4.78, 5) is 7.49. The van der Waals surface area contributed by atoms with Crippen LogP contribution in [0, 0.1) is 21.5 Å². The summed E-state index contributed by atoms with van der Waals surface area (Å²) in [7, 11) is 0. The van der Waals surface area contributed by atoms with Crippen molar-refractivity contribution in [1.82, 2.24) is 14.5 Å². The molecule has 0 aromatic carbocycles. The molecule has 1 unspecified atom stereocenters. The van der Waals surface area contributed by atoms with Gasteiger partial charge < -0.3 is 9.30 Å². The van der Waals surface area contributed by atoms with E-state index in [1.807, 2.05) is 0 Å². The van der Waals surface area contributed by atoms with E-state index in [1.54, 1.807) is 0 Å². The van der Waals surface area contributed by atoms with Crippen molar-refractivity contribution in [3.05, 3.63) is 15.7 Å². The van der Waals surface area contributed by atoms with Gasteiger partial charge in [0, 0.05) is 31.7 Å². The summed E-state index contributed by atoms with van der Waals surface area (Å²) in [5.41, 5.74) is 0. The molecule has 2 saturated carbocycles. The van der Waals surface area contributed by atoms with E-state index >= 15 is 0 Å². The van der Waals surface area contributed by atoms with Crippen LogP contribution in [0.5, 0.6) is 0 Å². The number of nitrogens with zero attached hydrogens (tertiary/aromatic N) is 3. The zero-order valence-electron chi connectivity index (χ0n) is 11.5. The zero-order valence-corrected chi connectivity index (χ0v) is 13.7. The van der Waals surface area contributed by atoms with E-state index in [0.717, 1.165) is 42.9 Å². The van der Waals surface area contributed by atoms with Crippen LogP contribution in [-0.4, -0.2) is 46.8 Å². The normalized spacial score (nSPS) is 37.0. The number of fused-ring (bicyclic) bond motifs is 1. The predicted octanol–water partition coefficient (Wildman–Crippen LogP) is 1.94. The Hall–Kier alpha value is -0.140. The predicted molar refractivity (Wildman–Crippen MR) is 83.6 cm³/mol. The number of aromatic nitrogens is 2. The Labute approximate surface area is 133 Å². The lowest BCUT2D eigenvalue weighted by atomic mass is 10.1. The maximum atomic E-state index is 5.32. The molecule has 5 heteroatoms. The molecule has 0 radical (unpaired) electrons. The largest absolute Gasteiger partial charge is 0.378 e. The third-order valence-corrected chi connectivity index (χ3v) is 6.11. The van der Waals surface area contributed by atoms with Gasteiger partial charge in [-0.2, -0.15) is 0 Å². The van der Waals surface area contributed by atoms with Gasteiger partial charge in [-0.05, 0) is 53.2 Å². The Morgan fingerprint density at radius 2 is 2.00 bits per heavy atom. The SMILES string of the molecule is Ic1cn(CC2CC2)c(C2[C@H]3CN(C4COC4)C[C@@H]23)n1. The van der Waals surface area contributed by atoms with Crippen molar-refractivity contribution in [3.8, 4) is 0 Å². The van der Waals surface area contributed by atoms with Crippen molar-refractivity contribution >= 4 is 22.6 Å². The summed E-state index contributed by atoms with van der Waals surface area (Å²) < 4.78 is 8.97. The fourth-order valence-electron chi connectivity index (χ4n) is 4.06. The number of hydrogen-bond acceptors (Lipinski definition) is 3. The van der Waals surface area contributed by atoms with Crippen molar-refractivity contribution in [2.45, 2.75) is 31.3 Å². The zero-order chi connectivity index (χ0) is 13.3. The quantitative estimate of drug-likeness (QED) is 0.743. The van der Waals surface area contributed by atoms with Gasteiger partial charge >= 0.3 is 0 Å². The molecule has 3 heterocycles. The molecule has 2 saturated heterocycles. The van der Waals surface area contributed by atoms with E-state index in [0.29, 0.717) is 0 Å². The third kappa shape index (κ3) is 1.96. The van der Waals surface area contributed by atoms with Crippen LogP contribution in [0.4, 0.5) is 0 Å².